The van der Waals surface area contributed by atoms with Crippen molar-refractivity contribution >= 4 is 39.4 Å². The second-order valence-corrected chi connectivity index (χ2v) is 7.98. The van der Waals surface area contributed by atoms with E-state index in [9.17, 15) is 18.5 Å². The molecule has 30 heavy (non-hydrogen) atoms. The third kappa shape index (κ3) is 5.26. The summed E-state index contributed by atoms with van der Waals surface area (Å²) in [4.78, 5) is 12.4. The molecule has 8 heteroatoms. The highest BCUT2D eigenvalue weighted by Gasteiger charge is 2.16. The fraction of sp³-hybridized carbons (Fsp3) is 0. The Hall–Kier alpha value is -3.60. The van der Waals surface area contributed by atoms with Crippen molar-refractivity contribution in [1.29, 1.82) is 5.26 Å². The summed E-state index contributed by atoms with van der Waals surface area (Å²) in [5.74, 6) is -0.592. The van der Waals surface area contributed by atoms with E-state index in [0.29, 0.717) is 16.3 Å². The predicted octanol–water partition coefficient (Wildman–Crippen LogP) is 4.65. The van der Waals surface area contributed by atoms with Gasteiger partial charge in [0, 0.05) is 0 Å². The molecule has 6 nitrogen and oxygen atoms in total. The van der Waals surface area contributed by atoms with Gasteiger partial charge in [0.15, 0.2) is 0 Å². The van der Waals surface area contributed by atoms with Crippen molar-refractivity contribution in [3.8, 4) is 11.8 Å². The highest BCUT2D eigenvalue weighted by Crippen LogP contribution is 2.23. The van der Waals surface area contributed by atoms with Crippen molar-refractivity contribution in [2.45, 2.75) is 4.90 Å². The van der Waals surface area contributed by atoms with Crippen molar-refractivity contribution in [1.82, 2.24) is 0 Å². The lowest BCUT2D eigenvalue weighted by Crippen LogP contribution is -2.13. The molecule has 0 bridgehead atoms. The normalized spacial score (nSPS) is 11.4. The van der Waals surface area contributed by atoms with Gasteiger partial charge in [-0.25, -0.2) is 0 Å². The molecule has 1 N–H and O–H groups in total. The summed E-state index contributed by atoms with van der Waals surface area (Å²) in [5, 5.41) is 12.3. The van der Waals surface area contributed by atoms with E-state index >= 15 is 0 Å². The Morgan fingerprint density at radius 2 is 1.70 bits per heavy atom. The van der Waals surface area contributed by atoms with Crippen LogP contribution in [-0.4, -0.2) is 14.3 Å². The smallest absolute Gasteiger partial charge is 0.339 e. The highest BCUT2D eigenvalue weighted by molar-refractivity contribution is 7.87. The van der Waals surface area contributed by atoms with Crippen LogP contribution in [0.4, 0.5) is 5.69 Å². The Labute approximate surface area is 179 Å². The molecule has 0 aliphatic heterocycles. The van der Waals surface area contributed by atoms with Crippen LogP contribution >= 0.6 is 11.6 Å². The number of amides is 1. The zero-order valence-electron chi connectivity index (χ0n) is 15.4. The van der Waals surface area contributed by atoms with E-state index < -0.39 is 16.0 Å². The molecule has 0 fully saturated rings. The summed E-state index contributed by atoms with van der Waals surface area (Å²) in [6.45, 7) is 0. The van der Waals surface area contributed by atoms with Crippen LogP contribution < -0.4 is 9.50 Å². The fourth-order valence-corrected chi connectivity index (χ4v) is 3.61. The number of carbonyl (C=O) groups excluding carboxylic acids is 1. The van der Waals surface area contributed by atoms with Gasteiger partial charge in [0.1, 0.15) is 22.3 Å². The SMILES string of the molecule is N#C/C(=C/c1cccc(OS(=O)(=O)c2ccccc2)c1)C(=O)Nc1ccccc1Cl. The molecular weight excluding hydrogens is 424 g/mol. The van der Waals surface area contributed by atoms with Crippen LogP contribution in [0.3, 0.4) is 0 Å². The molecule has 0 saturated heterocycles. The molecule has 0 atom stereocenters. The summed E-state index contributed by atoms with van der Waals surface area (Å²) in [7, 11) is -4.01. The van der Waals surface area contributed by atoms with Crippen LogP contribution in [-0.2, 0) is 14.9 Å². The molecule has 0 aromatic heterocycles. The van der Waals surface area contributed by atoms with Crippen molar-refractivity contribution in [3.05, 3.63) is 95.0 Å². The fourth-order valence-electron chi connectivity index (χ4n) is 2.49. The second kappa shape index (κ2) is 9.27. The Morgan fingerprint density at radius 3 is 2.40 bits per heavy atom. The number of para-hydroxylation sites is 1. The number of nitriles is 1. The van der Waals surface area contributed by atoms with Crippen LogP contribution in [0.25, 0.3) is 6.08 Å². The van der Waals surface area contributed by atoms with Gasteiger partial charge in [-0.1, -0.05) is 54.1 Å². The van der Waals surface area contributed by atoms with Gasteiger partial charge in [-0.05, 0) is 48.0 Å². The highest BCUT2D eigenvalue weighted by atomic mass is 35.5. The lowest BCUT2D eigenvalue weighted by atomic mass is 10.1. The van der Waals surface area contributed by atoms with E-state index in [0.717, 1.165) is 0 Å². The first kappa shape index (κ1) is 21.1. The largest absolute Gasteiger partial charge is 0.379 e. The van der Waals surface area contributed by atoms with Crippen molar-refractivity contribution < 1.29 is 17.4 Å². The average molecular weight is 439 g/mol. The van der Waals surface area contributed by atoms with E-state index in [4.69, 9.17) is 15.8 Å². The van der Waals surface area contributed by atoms with Crippen LogP contribution in [0.2, 0.25) is 5.02 Å². The maximum Gasteiger partial charge on any atom is 0.339 e. The number of nitrogens with one attached hydrogen (secondary N) is 1. The van der Waals surface area contributed by atoms with Gasteiger partial charge < -0.3 is 9.50 Å². The number of rotatable bonds is 6. The summed E-state index contributed by atoms with van der Waals surface area (Å²) in [5.41, 5.74) is 0.607. The van der Waals surface area contributed by atoms with E-state index in [1.54, 1.807) is 54.6 Å². The van der Waals surface area contributed by atoms with E-state index in [-0.39, 0.29) is 16.2 Å². The van der Waals surface area contributed by atoms with Crippen LogP contribution in [0.5, 0.6) is 5.75 Å². The number of nitrogens with zero attached hydrogens (tertiary/aromatic N) is 1. The number of halogens is 1. The average Bonchev–Trinajstić information content (AvgIpc) is 2.74. The van der Waals surface area contributed by atoms with Crippen molar-refractivity contribution in [2.75, 3.05) is 5.32 Å². The molecular formula is C22H15ClN2O4S. The second-order valence-electron chi connectivity index (χ2n) is 6.03. The van der Waals surface area contributed by atoms with Gasteiger partial charge >= 0.3 is 10.1 Å². The summed E-state index contributed by atoms with van der Waals surface area (Å²) < 4.78 is 29.9. The molecule has 0 saturated carbocycles. The van der Waals surface area contributed by atoms with E-state index in [2.05, 4.69) is 5.32 Å². The number of carbonyl (C=O) groups is 1. The number of anilines is 1. The Balaban J connectivity index is 1.82. The molecule has 0 aliphatic carbocycles. The van der Waals surface area contributed by atoms with E-state index in [1.165, 1.54) is 30.3 Å². The third-order valence-electron chi connectivity index (χ3n) is 3.89. The Kier molecular flexibility index (Phi) is 6.52. The topological polar surface area (TPSA) is 96.3 Å². The van der Waals surface area contributed by atoms with Gasteiger partial charge in [0.2, 0.25) is 0 Å². The van der Waals surface area contributed by atoms with Gasteiger partial charge in [-0.15, -0.1) is 0 Å². The lowest BCUT2D eigenvalue weighted by molar-refractivity contribution is -0.112. The quantitative estimate of drug-likeness (QED) is 0.343. The van der Waals surface area contributed by atoms with Gasteiger partial charge in [-0.3, -0.25) is 4.79 Å². The molecule has 150 valence electrons. The molecule has 0 radical (unpaired) electrons. The maximum absolute atomic E-state index is 12.4. The van der Waals surface area contributed by atoms with Crippen molar-refractivity contribution in [2.24, 2.45) is 0 Å². The van der Waals surface area contributed by atoms with Crippen molar-refractivity contribution in [3.63, 3.8) is 0 Å². The summed E-state index contributed by atoms with van der Waals surface area (Å²) in [6.07, 6.45) is 1.33. The number of hydrogen-bond donors (Lipinski definition) is 1. The van der Waals surface area contributed by atoms with Gasteiger partial charge in [0.25, 0.3) is 5.91 Å². The first-order valence-electron chi connectivity index (χ1n) is 8.66. The first-order chi connectivity index (χ1) is 14.4. The summed E-state index contributed by atoms with van der Waals surface area (Å²) >= 11 is 6.02. The van der Waals surface area contributed by atoms with Crippen LogP contribution in [0.1, 0.15) is 5.56 Å². The van der Waals surface area contributed by atoms with Crippen LogP contribution in [0, 0.1) is 11.3 Å². The standard InChI is InChI=1S/C22H15ClN2O4S/c23-20-11-4-5-12-21(20)25-22(26)17(15-24)13-16-7-6-8-18(14-16)29-30(27,28)19-9-2-1-3-10-19/h1-14H,(H,25,26)/b17-13-. The lowest BCUT2D eigenvalue weighted by Gasteiger charge is -2.08. The number of benzene rings is 3. The predicted molar refractivity (Wildman–Crippen MR) is 114 cm³/mol. The number of hydrogen-bond acceptors (Lipinski definition) is 5. The Bertz CT molecular complexity index is 1250. The molecule has 3 rings (SSSR count). The summed E-state index contributed by atoms with van der Waals surface area (Å²) in [6, 6.07) is 22.2. The minimum Gasteiger partial charge on any atom is -0.379 e. The molecule has 0 aliphatic rings. The molecule has 3 aromatic carbocycles. The third-order valence-corrected chi connectivity index (χ3v) is 5.49. The molecule has 0 spiro atoms. The molecule has 3 aromatic rings. The zero-order chi connectivity index (χ0) is 21.6. The zero-order valence-corrected chi connectivity index (χ0v) is 17.0. The minimum atomic E-state index is -4.01. The molecule has 1 amide bonds. The van der Waals surface area contributed by atoms with Gasteiger partial charge in [-0.2, -0.15) is 13.7 Å². The Morgan fingerprint density at radius 1 is 1.00 bits per heavy atom. The minimum absolute atomic E-state index is 0.0165. The maximum atomic E-state index is 12.4. The molecule has 0 unspecified atom stereocenters. The van der Waals surface area contributed by atoms with E-state index in [1.807, 2.05) is 6.07 Å². The molecule has 0 heterocycles. The monoisotopic (exact) mass is 438 g/mol. The van der Waals surface area contributed by atoms with Gasteiger partial charge in [0.05, 0.1) is 10.7 Å². The van der Waals surface area contributed by atoms with Crippen LogP contribution in [0.15, 0.2) is 89.3 Å². The first-order valence-corrected chi connectivity index (χ1v) is 10.4.